The molecular formula is C16H28IN3O3. The summed E-state index contributed by atoms with van der Waals surface area (Å²) >= 11 is 0. The van der Waals surface area contributed by atoms with Crippen molar-refractivity contribution in [3.63, 3.8) is 0 Å². The number of nitrogens with zero attached hydrogens (tertiary/aromatic N) is 2. The lowest BCUT2D eigenvalue weighted by molar-refractivity contribution is 0.132. The summed E-state index contributed by atoms with van der Waals surface area (Å²) in [5, 5.41) is 13.1. The minimum atomic E-state index is -0.270. The molecular weight excluding hydrogens is 409 g/mol. The third-order valence-corrected chi connectivity index (χ3v) is 4.00. The fraction of sp³-hybridized carbons (Fsp3) is 0.688. The predicted octanol–water partition coefficient (Wildman–Crippen LogP) is 1.73. The quantitative estimate of drug-likeness (QED) is 0.294. The lowest BCUT2D eigenvalue weighted by Crippen LogP contribution is -2.41. The van der Waals surface area contributed by atoms with Crippen molar-refractivity contribution in [3.05, 3.63) is 24.2 Å². The van der Waals surface area contributed by atoms with Gasteiger partial charge in [0.05, 0.1) is 25.5 Å². The Morgan fingerprint density at radius 2 is 2.43 bits per heavy atom. The summed E-state index contributed by atoms with van der Waals surface area (Å²) in [4.78, 5) is 6.82. The average molecular weight is 437 g/mol. The smallest absolute Gasteiger partial charge is 0.194 e. The molecule has 2 rings (SSSR count). The van der Waals surface area contributed by atoms with Crippen molar-refractivity contribution in [1.29, 1.82) is 0 Å². The highest BCUT2D eigenvalue weighted by molar-refractivity contribution is 14.0. The van der Waals surface area contributed by atoms with Crippen molar-refractivity contribution in [2.45, 2.75) is 25.9 Å². The standard InChI is InChI=1S/C16H27N3O3.HI/c1-13(20)14-6-9-19(12-14)16(18-8-11-21-2)17-7-5-15-4-3-10-22-15;/h3-4,10,13-14,20H,5-9,11-12H2,1-2H3,(H,17,18);1H. The third-order valence-electron chi connectivity index (χ3n) is 4.00. The molecule has 7 heteroatoms. The first-order valence-corrected chi connectivity index (χ1v) is 7.93. The van der Waals surface area contributed by atoms with Crippen molar-refractivity contribution in [1.82, 2.24) is 10.2 Å². The number of aliphatic imine (C=N–C) groups is 1. The minimum Gasteiger partial charge on any atom is -0.469 e. The molecule has 132 valence electrons. The topological polar surface area (TPSA) is 70.2 Å². The number of furan rings is 1. The van der Waals surface area contributed by atoms with E-state index in [1.54, 1.807) is 13.4 Å². The molecule has 1 aromatic rings. The number of methoxy groups -OCH3 is 1. The van der Waals surface area contributed by atoms with Gasteiger partial charge in [-0.25, -0.2) is 0 Å². The van der Waals surface area contributed by atoms with E-state index in [4.69, 9.17) is 9.15 Å². The van der Waals surface area contributed by atoms with E-state index in [1.807, 2.05) is 19.1 Å². The Morgan fingerprint density at radius 1 is 1.61 bits per heavy atom. The van der Waals surface area contributed by atoms with Crippen LogP contribution in [-0.4, -0.2) is 62.0 Å². The van der Waals surface area contributed by atoms with Crippen LogP contribution in [0.25, 0.3) is 0 Å². The van der Waals surface area contributed by atoms with Gasteiger partial charge in [0.15, 0.2) is 5.96 Å². The fourth-order valence-electron chi connectivity index (χ4n) is 2.64. The Bertz CT molecular complexity index is 451. The van der Waals surface area contributed by atoms with Gasteiger partial charge >= 0.3 is 0 Å². The number of aliphatic hydroxyl groups excluding tert-OH is 1. The van der Waals surface area contributed by atoms with Crippen LogP contribution in [0.1, 0.15) is 19.1 Å². The largest absolute Gasteiger partial charge is 0.469 e. The lowest BCUT2D eigenvalue weighted by atomic mass is 10.0. The van der Waals surface area contributed by atoms with Gasteiger partial charge < -0.3 is 24.5 Å². The molecule has 0 aromatic carbocycles. The molecule has 0 amide bonds. The molecule has 2 N–H and O–H groups in total. The fourth-order valence-corrected chi connectivity index (χ4v) is 2.64. The lowest BCUT2D eigenvalue weighted by Gasteiger charge is -2.22. The maximum absolute atomic E-state index is 9.75. The third kappa shape index (κ3) is 6.68. The Kier molecular flexibility index (Phi) is 9.57. The summed E-state index contributed by atoms with van der Waals surface area (Å²) < 4.78 is 10.4. The van der Waals surface area contributed by atoms with Crippen molar-refractivity contribution in [2.75, 3.05) is 39.9 Å². The van der Waals surface area contributed by atoms with Crippen molar-refractivity contribution < 1.29 is 14.3 Å². The molecule has 0 aliphatic carbocycles. The average Bonchev–Trinajstić information content (AvgIpc) is 3.17. The van der Waals surface area contributed by atoms with E-state index in [0.717, 1.165) is 44.2 Å². The Hall–Kier alpha value is -0.800. The Labute approximate surface area is 155 Å². The monoisotopic (exact) mass is 437 g/mol. The zero-order valence-electron chi connectivity index (χ0n) is 13.9. The van der Waals surface area contributed by atoms with Gasteiger partial charge in [0.2, 0.25) is 0 Å². The second-order valence-electron chi connectivity index (χ2n) is 5.69. The maximum Gasteiger partial charge on any atom is 0.194 e. The number of aliphatic hydroxyl groups is 1. The van der Waals surface area contributed by atoms with Crippen LogP contribution in [0.4, 0.5) is 0 Å². The van der Waals surface area contributed by atoms with Gasteiger partial charge in [-0.2, -0.15) is 0 Å². The van der Waals surface area contributed by atoms with Crippen molar-refractivity contribution in [2.24, 2.45) is 10.9 Å². The van der Waals surface area contributed by atoms with Crippen LogP contribution in [0.2, 0.25) is 0 Å². The van der Waals surface area contributed by atoms with Crippen LogP contribution in [0.15, 0.2) is 27.8 Å². The predicted molar refractivity (Wildman–Crippen MR) is 101 cm³/mol. The van der Waals surface area contributed by atoms with Gasteiger partial charge in [-0.05, 0) is 25.5 Å². The molecule has 23 heavy (non-hydrogen) atoms. The molecule has 1 aromatic heterocycles. The number of nitrogens with one attached hydrogen (secondary N) is 1. The second-order valence-corrected chi connectivity index (χ2v) is 5.69. The van der Waals surface area contributed by atoms with Gasteiger partial charge in [0, 0.05) is 39.1 Å². The van der Waals surface area contributed by atoms with Crippen LogP contribution in [0.5, 0.6) is 0 Å². The molecule has 0 radical (unpaired) electrons. The molecule has 6 nitrogen and oxygen atoms in total. The van der Waals surface area contributed by atoms with E-state index in [9.17, 15) is 5.11 Å². The van der Waals surface area contributed by atoms with E-state index >= 15 is 0 Å². The van der Waals surface area contributed by atoms with Crippen LogP contribution in [0.3, 0.4) is 0 Å². The summed E-state index contributed by atoms with van der Waals surface area (Å²) in [7, 11) is 1.68. The number of halogens is 1. The highest BCUT2D eigenvalue weighted by atomic mass is 127. The molecule has 1 aliphatic rings. The molecule has 2 unspecified atom stereocenters. The Morgan fingerprint density at radius 3 is 3.04 bits per heavy atom. The SMILES string of the molecule is COCCN=C(NCCc1ccco1)N1CCC(C(C)O)C1.I. The number of ether oxygens (including phenoxy) is 1. The maximum atomic E-state index is 9.75. The molecule has 1 saturated heterocycles. The van der Waals surface area contributed by atoms with Gasteiger partial charge in [-0.3, -0.25) is 4.99 Å². The first-order valence-electron chi connectivity index (χ1n) is 7.93. The molecule has 2 heterocycles. The highest BCUT2D eigenvalue weighted by Gasteiger charge is 2.27. The molecule has 0 bridgehead atoms. The van der Waals surface area contributed by atoms with Crippen LogP contribution < -0.4 is 5.32 Å². The van der Waals surface area contributed by atoms with Gasteiger partial charge in [-0.15, -0.1) is 24.0 Å². The molecule has 2 atom stereocenters. The van der Waals surface area contributed by atoms with Crippen LogP contribution in [0, 0.1) is 5.92 Å². The van der Waals surface area contributed by atoms with Gasteiger partial charge in [0.25, 0.3) is 0 Å². The number of likely N-dealkylation sites (tertiary alicyclic amines) is 1. The highest BCUT2D eigenvalue weighted by Crippen LogP contribution is 2.19. The summed E-state index contributed by atoms with van der Waals surface area (Å²) in [5.74, 6) is 2.18. The molecule has 0 spiro atoms. The van der Waals surface area contributed by atoms with E-state index in [2.05, 4.69) is 15.2 Å². The molecule has 0 saturated carbocycles. The van der Waals surface area contributed by atoms with Gasteiger partial charge in [-0.1, -0.05) is 0 Å². The summed E-state index contributed by atoms with van der Waals surface area (Å²) in [5.41, 5.74) is 0. The van der Waals surface area contributed by atoms with Crippen molar-refractivity contribution in [3.8, 4) is 0 Å². The number of hydrogen-bond donors (Lipinski definition) is 2. The zero-order chi connectivity index (χ0) is 15.8. The minimum absolute atomic E-state index is 0. The number of rotatable bonds is 7. The van der Waals surface area contributed by atoms with E-state index in [1.165, 1.54) is 0 Å². The number of guanidine groups is 1. The summed E-state index contributed by atoms with van der Waals surface area (Å²) in [6, 6.07) is 3.87. The van der Waals surface area contributed by atoms with Crippen LogP contribution in [-0.2, 0) is 11.2 Å². The zero-order valence-corrected chi connectivity index (χ0v) is 16.2. The first kappa shape index (κ1) is 20.2. The van der Waals surface area contributed by atoms with E-state index < -0.39 is 0 Å². The number of hydrogen-bond acceptors (Lipinski definition) is 4. The van der Waals surface area contributed by atoms with Crippen LogP contribution >= 0.6 is 24.0 Å². The molecule has 1 aliphatic heterocycles. The second kappa shape index (κ2) is 10.9. The van der Waals surface area contributed by atoms with Crippen molar-refractivity contribution >= 4 is 29.9 Å². The van der Waals surface area contributed by atoms with E-state index in [0.29, 0.717) is 19.1 Å². The summed E-state index contributed by atoms with van der Waals surface area (Å²) in [6.07, 6.45) is 3.25. The normalized spacial score (nSPS) is 19.5. The van der Waals surface area contributed by atoms with E-state index in [-0.39, 0.29) is 30.1 Å². The first-order chi connectivity index (χ1) is 10.7. The van der Waals surface area contributed by atoms with Gasteiger partial charge in [0.1, 0.15) is 5.76 Å². The summed E-state index contributed by atoms with van der Waals surface area (Å²) in [6.45, 7) is 5.65. The molecule has 1 fully saturated rings. The Balaban J connectivity index is 0.00000264.